The molecule has 1 aliphatic heterocycles. The van der Waals surface area contributed by atoms with Crippen LogP contribution in [0.4, 0.5) is 0 Å². The van der Waals surface area contributed by atoms with Gasteiger partial charge in [-0.15, -0.1) is 0 Å². The van der Waals surface area contributed by atoms with E-state index in [-0.39, 0.29) is 5.60 Å². The largest absolute Gasteiger partial charge is 0.502 e. The first kappa shape index (κ1) is 18.3. The third kappa shape index (κ3) is 11.2. The number of oxime groups is 1. The van der Waals surface area contributed by atoms with Gasteiger partial charge in [-0.25, -0.2) is 0 Å². The van der Waals surface area contributed by atoms with Crippen molar-refractivity contribution in [2.45, 2.75) is 53.1 Å². The van der Waals surface area contributed by atoms with Crippen LogP contribution < -0.4 is 5.73 Å². The van der Waals surface area contributed by atoms with Crippen LogP contribution in [0.15, 0.2) is 17.5 Å². The van der Waals surface area contributed by atoms with E-state index < -0.39 is 0 Å². The topological polar surface area (TPSA) is 56.8 Å². The normalized spacial score (nSPS) is 15.4. The first-order chi connectivity index (χ1) is 7.91. The SMILES string of the molecule is C=C(C)OC.CC.CC1(C)CC(CCN)=NO1. The van der Waals surface area contributed by atoms with Crippen LogP contribution in [0.3, 0.4) is 0 Å². The Morgan fingerprint density at radius 2 is 2.00 bits per heavy atom. The molecular weight excluding hydrogens is 216 g/mol. The number of nitrogens with zero attached hydrogens (tertiary/aromatic N) is 1. The molecule has 0 unspecified atom stereocenters. The van der Waals surface area contributed by atoms with Crippen LogP contribution in [0.1, 0.15) is 47.5 Å². The fourth-order valence-electron chi connectivity index (χ4n) is 1.04. The fourth-order valence-corrected chi connectivity index (χ4v) is 1.04. The van der Waals surface area contributed by atoms with Crippen molar-refractivity contribution in [3.05, 3.63) is 12.3 Å². The minimum Gasteiger partial charge on any atom is -0.502 e. The summed E-state index contributed by atoms with van der Waals surface area (Å²) >= 11 is 0. The minimum absolute atomic E-state index is 0.0928. The summed E-state index contributed by atoms with van der Waals surface area (Å²) in [6.45, 7) is 14.0. The molecule has 0 saturated heterocycles. The van der Waals surface area contributed by atoms with E-state index >= 15 is 0 Å². The summed E-state index contributed by atoms with van der Waals surface area (Å²) < 4.78 is 4.56. The van der Waals surface area contributed by atoms with Crippen LogP contribution in [-0.2, 0) is 9.57 Å². The molecule has 0 aromatic heterocycles. The number of rotatable bonds is 3. The van der Waals surface area contributed by atoms with Gasteiger partial charge in [0.2, 0.25) is 0 Å². The molecule has 102 valence electrons. The van der Waals surface area contributed by atoms with Gasteiger partial charge in [0.25, 0.3) is 0 Å². The maximum Gasteiger partial charge on any atom is 0.137 e. The molecule has 0 fully saturated rings. The summed E-state index contributed by atoms with van der Waals surface area (Å²) in [5.74, 6) is 0.755. The second kappa shape index (κ2) is 10.1. The van der Waals surface area contributed by atoms with Gasteiger partial charge in [-0.3, -0.25) is 0 Å². The Morgan fingerprint density at radius 3 is 2.24 bits per heavy atom. The van der Waals surface area contributed by atoms with Gasteiger partial charge in [-0.05, 0) is 27.3 Å². The highest BCUT2D eigenvalue weighted by Crippen LogP contribution is 2.22. The van der Waals surface area contributed by atoms with Crippen molar-refractivity contribution in [3.8, 4) is 0 Å². The van der Waals surface area contributed by atoms with Crippen LogP contribution in [0, 0.1) is 0 Å². The lowest BCUT2D eigenvalue weighted by Gasteiger charge is -2.13. The Labute approximate surface area is 106 Å². The third-order valence-electron chi connectivity index (χ3n) is 1.83. The number of hydrogen-bond donors (Lipinski definition) is 1. The lowest BCUT2D eigenvalue weighted by molar-refractivity contribution is 0.0123. The summed E-state index contributed by atoms with van der Waals surface area (Å²) in [6, 6.07) is 0. The lowest BCUT2D eigenvalue weighted by Crippen LogP contribution is -2.19. The number of ether oxygens (including phenoxy) is 1. The molecular formula is C13H28N2O2. The van der Waals surface area contributed by atoms with Crippen molar-refractivity contribution in [1.82, 2.24) is 0 Å². The van der Waals surface area contributed by atoms with E-state index in [9.17, 15) is 0 Å². The monoisotopic (exact) mass is 244 g/mol. The van der Waals surface area contributed by atoms with E-state index in [1.807, 2.05) is 27.7 Å². The van der Waals surface area contributed by atoms with Crippen LogP contribution >= 0.6 is 0 Å². The Bertz CT molecular complexity index is 236. The van der Waals surface area contributed by atoms with Gasteiger partial charge in [0.05, 0.1) is 18.6 Å². The molecule has 0 amide bonds. The first-order valence-electron chi connectivity index (χ1n) is 6.05. The molecule has 0 saturated carbocycles. The van der Waals surface area contributed by atoms with Crippen LogP contribution in [0.5, 0.6) is 0 Å². The van der Waals surface area contributed by atoms with E-state index in [0.717, 1.165) is 24.3 Å². The number of allylic oxidation sites excluding steroid dienone is 1. The van der Waals surface area contributed by atoms with Gasteiger partial charge in [0.15, 0.2) is 0 Å². The standard InChI is InChI=1S/C7H14N2O.C4H8O.C2H6/c1-7(2)5-6(3-4-8)9-10-7;1-4(2)5-3;1-2/h3-5,8H2,1-2H3;1H2,2-3H3;1-2H3. The fraction of sp³-hybridized carbons (Fsp3) is 0.769. The number of nitrogens with two attached hydrogens (primary N) is 1. The van der Waals surface area contributed by atoms with Crippen molar-refractivity contribution in [2.75, 3.05) is 13.7 Å². The molecule has 0 aromatic carbocycles. The Kier molecular flexibility index (Phi) is 10.9. The smallest absolute Gasteiger partial charge is 0.137 e. The predicted molar refractivity (Wildman–Crippen MR) is 74.1 cm³/mol. The minimum atomic E-state index is -0.0928. The summed E-state index contributed by atoms with van der Waals surface area (Å²) in [4.78, 5) is 5.14. The second-order valence-electron chi connectivity index (χ2n) is 4.13. The Morgan fingerprint density at radius 1 is 1.53 bits per heavy atom. The van der Waals surface area contributed by atoms with Crippen molar-refractivity contribution in [1.29, 1.82) is 0 Å². The summed E-state index contributed by atoms with van der Waals surface area (Å²) in [7, 11) is 1.60. The highest BCUT2D eigenvalue weighted by Gasteiger charge is 2.27. The molecule has 4 heteroatoms. The van der Waals surface area contributed by atoms with Gasteiger partial charge in [-0.1, -0.05) is 25.6 Å². The molecule has 0 radical (unpaired) electrons. The van der Waals surface area contributed by atoms with Crippen LogP contribution in [-0.4, -0.2) is 25.0 Å². The summed E-state index contributed by atoms with van der Waals surface area (Å²) in [6.07, 6.45) is 1.79. The molecule has 1 aliphatic rings. The summed E-state index contributed by atoms with van der Waals surface area (Å²) in [5.41, 5.74) is 6.36. The zero-order chi connectivity index (χ0) is 13.9. The van der Waals surface area contributed by atoms with E-state index in [1.165, 1.54) is 0 Å². The molecule has 2 N–H and O–H groups in total. The zero-order valence-electron chi connectivity index (χ0n) is 12.2. The predicted octanol–water partition coefficient (Wildman–Crippen LogP) is 3.08. The molecule has 0 bridgehead atoms. The summed E-state index contributed by atoms with van der Waals surface area (Å²) in [5, 5.41) is 3.91. The molecule has 0 aliphatic carbocycles. The van der Waals surface area contributed by atoms with Gasteiger partial charge in [-0.2, -0.15) is 0 Å². The number of methoxy groups -OCH3 is 1. The van der Waals surface area contributed by atoms with E-state index in [2.05, 4.69) is 16.5 Å². The van der Waals surface area contributed by atoms with Crippen molar-refractivity contribution in [3.63, 3.8) is 0 Å². The van der Waals surface area contributed by atoms with Gasteiger partial charge in [0.1, 0.15) is 5.60 Å². The van der Waals surface area contributed by atoms with Crippen LogP contribution in [0.2, 0.25) is 0 Å². The van der Waals surface area contributed by atoms with Crippen molar-refractivity contribution >= 4 is 5.71 Å². The lowest BCUT2D eigenvalue weighted by atomic mass is 10.0. The van der Waals surface area contributed by atoms with Gasteiger partial charge >= 0.3 is 0 Å². The quantitative estimate of drug-likeness (QED) is 0.776. The van der Waals surface area contributed by atoms with Crippen molar-refractivity contribution in [2.24, 2.45) is 10.9 Å². The molecule has 1 rings (SSSR count). The molecule has 0 aromatic rings. The highest BCUT2D eigenvalue weighted by atomic mass is 16.7. The van der Waals surface area contributed by atoms with E-state index in [1.54, 1.807) is 14.0 Å². The third-order valence-corrected chi connectivity index (χ3v) is 1.83. The highest BCUT2D eigenvalue weighted by molar-refractivity contribution is 5.86. The average molecular weight is 244 g/mol. The molecule has 0 atom stereocenters. The van der Waals surface area contributed by atoms with E-state index in [4.69, 9.17) is 10.6 Å². The zero-order valence-corrected chi connectivity index (χ0v) is 12.2. The Hall–Kier alpha value is -1.03. The van der Waals surface area contributed by atoms with Crippen LogP contribution in [0.25, 0.3) is 0 Å². The van der Waals surface area contributed by atoms with Gasteiger partial charge in [0, 0.05) is 12.8 Å². The molecule has 17 heavy (non-hydrogen) atoms. The molecule has 0 spiro atoms. The first-order valence-corrected chi connectivity index (χ1v) is 6.05. The molecule has 4 nitrogen and oxygen atoms in total. The maximum absolute atomic E-state index is 5.36. The maximum atomic E-state index is 5.36. The molecule has 1 heterocycles. The van der Waals surface area contributed by atoms with Crippen molar-refractivity contribution < 1.29 is 9.57 Å². The van der Waals surface area contributed by atoms with E-state index in [0.29, 0.717) is 6.54 Å². The van der Waals surface area contributed by atoms with Gasteiger partial charge < -0.3 is 15.3 Å². The Balaban J connectivity index is 0. The number of hydrogen-bond acceptors (Lipinski definition) is 4. The average Bonchev–Trinajstić information content (AvgIpc) is 2.62. The second-order valence-corrected chi connectivity index (χ2v) is 4.13.